The molecule has 1 heterocycles. The highest BCUT2D eigenvalue weighted by molar-refractivity contribution is 5.96. The SMILES string of the molecule is O=C(C1CC1)N(CC1CN(CCc2ccccc2)CCCO1)c1ccccc1. The number of rotatable bonds is 7. The van der Waals surface area contributed by atoms with Gasteiger partial charge in [-0.1, -0.05) is 48.5 Å². The fourth-order valence-corrected chi connectivity index (χ4v) is 3.90. The number of carbonyl (C=O) groups is 1. The summed E-state index contributed by atoms with van der Waals surface area (Å²) < 4.78 is 6.15. The van der Waals surface area contributed by atoms with Crippen LogP contribution in [0.4, 0.5) is 5.69 Å². The molecule has 4 heteroatoms. The zero-order valence-electron chi connectivity index (χ0n) is 16.5. The van der Waals surface area contributed by atoms with E-state index in [1.807, 2.05) is 35.2 Å². The number of amides is 1. The number of nitrogens with zero attached hydrogens (tertiary/aromatic N) is 2. The van der Waals surface area contributed by atoms with Crippen LogP contribution in [0.15, 0.2) is 60.7 Å². The van der Waals surface area contributed by atoms with Crippen molar-refractivity contribution >= 4 is 11.6 Å². The minimum absolute atomic E-state index is 0.0566. The average molecular weight is 379 g/mol. The Morgan fingerprint density at radius 3 is 2.46 bits per heavy atom. The quantitative estimate of drug-likeness (QED) is 0.735. The monoisotopic (exact) mass is 378 g/mol. The maximum absolute atomic E-state index is 12.9. The lowest BCUT2D eigenvalue weighted by molar-refractivity contribution is -0.120. The van der Waals surface area contributed by atoms with E-state index in [-0.39, 0.29) is 17.9 Å². The predicted octanol–water partition coefficient (Wildman–Crippen LogP) is 3.76. The van der Waals surface area contributed by atoms with Crippen molar-refractivity contribution in [3.05, 3.63) is 66.2 Å². The molecule has 28 heavy (non-hydrogen) atoms. The van der Waals surface area contributed by atoms with Crippen molar-refractivity contribution in [1.29, 1.82) is 0 Å². The van der Waals surface area contributed by atoms with Crippen molar-refractivity contribution in [2.24, 2.45) is 5.92 Å². The second-order valence-electron chi connectivity index (χ2n) is 7.94. The lowest BCUT2D eigenvalue weighted by Gasteiger charge is -2.30. The number of hydrogen-bond donors (Lipinski definition) is 0. The fourth-order valence-electron chi connectivity index (χ4n) is 3.90. The first-order valence-corrected chi connectivity index (χ1v) is 10.5. The van der Waals surface area contributed by atoms with E-state index in [4.69, 9.17) is 4.74 Å². The van der Waals surface area contributed by atoms with Crippen LogP contribution in [0.2, 0.25) is 0 Å². The van der Waals surface area contributed by atoms with Gasteiger partial charge in [0.1, 0.15) is 0 Å². The first-order chi connectivity index (χ1) is 13.8. The molecule has 2 aliphatic rings. The molecule has 1 atom stereocenters. The number of hydrogen-bond acceptors (Lipinski definition) is 3. The van der Waals surface area contributed by atoms with Crippen LogP contribution in [0.1, 0.15) is 24.8 Å². The Balaban J connectivity index is 1.40. The van der Waals surface area contributed by atoms with E-state index < -0.39 is 0 Å². The maximum Gasteiger partial charge on any atom is 0.230 e. The van der Waals surface area contributed by atoms with Gasteiger partial charge in [0.05, 0.1) is 12.6 Å². The largest absolute Gasteiger partial charge is 0.375 e. The summed E-state index contributed by atoms with van der Waals surface area (Å²) in [4.78, 5) is 17.4. The molecule has 1 saturated heterocycles. The minimum Gasteiger partial charge on any atom is -0.375 e. The number of anilines is 1. The first-order valence-electron chi connectivity index (χ1n) is 10.5. The molecule has 0 spiro atoms. The number of benzene rings is 2. The molecule has 0 N–H and O–H groups in total. The van der Waals surface area contributed by atoms with Gasteiger partial charge in [-0.15, -0.1) is 0 Å². The smallest absolute Gasteiger partial charge is 0.230 e. The van der Waals surface area contributed by atoms with Gasteiger partial charge in [0.25, 0.3) is 0 Å². The van der Waals surface area contributed by atoms with Crippen molar-refractivity contribution in [1.82, 2.24) is 4.90 Å². The zero-order chi connectivity index (χ0) is 19.2. The van der Waals surface area contributed by atoms with Crippen LogP contribution in [0.25, 0.3) is 0 Å². The Hall–Kier alpha value is -2.17. The van der Waals surface area contributed by atoms with Gasteiger partial charge in [-0.3, -0.25) is 4.79 Å². The van der Waals surface area contributed by atoms with E-state index in [0.717, 1.165) is 57.6 Å². The third kappa shape index (κ3) is 5.21. The van der Waals surface area contributed by atoms with Crippen LogP contribution in [0, 0.1) is 5.92 Å². The molecule has 1 saturated carbocycles. The second kappa shape index (κ2) is 9.35. The molecular weight excluding hydrogens is 348 g/mol. The van der Waals surface area contributed by atoms with E-state index in [1.54, 1.807) is 0 Å². The first kappa shape index (κ1) is 19.2. The van der Waals surface area contributed by atoms with Gasteiger partial charge in [0.15, 0.2) is 0 Å². The summed E-state index contributed by atoms with van der Waals surface area (Å²) in [5.41, 5.74) is 2.36. The predicted molar refractivity (Wildman–Crippen MR) is 112 cm³/mol. The molecule has 0 aromatic heterocycles. The molecule has 1 aliphatic carbocycles. The molecular formula is C24H30N2O2. The Labute approximate surface area is 168 Å². The van der Waals surface area contributed by atoms with Crippen LogP contribution in [-0.4, -0.2) is 49.7 Å². The highest BCUT2D eigenvalue weighted by atomic mass is 16.5. The van der Waals surface area contributed by atoms with Crippen molar-refractivity contribution in [2.75, 3.05) is 37.7 Å². The second-order valence-corrected chi connectivity index (χ2v) is 7.94. The van der Waals surface area contributed by atoms with E-state index >= 15 is 0 Å². The summed E-state index contributed by atoms with van der Waals surface area (Å²) in [6.45, 7) is 4.39. The number of para-hydroxylation sites is 1. The fraction of sp³-hybridized carbons (Fsp3) is 0.458. The maximum atomic E-state index is 12.9. The Kier molecular flexibility index (Phi) is 6.40. The molecule has 2 aromatic carbocycles. The summed E-state index contributed by atoms with van der Waals surface area (Å²) in [6.07, 6.45) is 4.21. The number of carbonyl (C=O) groups excluding carboxylic acids is 1. The molecule has 4 nitrogen and oxygen atoms in total. The lowest BCUT2D eigenvalue weighted by atomic mass is 10.1. The van der Waals surface area contributed by atoms with Crippen molar-refractivity contribution in [3.63, 3.8) is 0 Å². The third-order valence-electron chi connectivity index (χ3n) is 5.64. The van der Waals surface area contributed by atoms with Gasteiger partial charge in [-0.05, 0) is 43.4 Å². The molecule has 0 radical (unpaired) electrons. The van der Waals surface area contributed by atoms with Gasteiger partial charge in [-0.2, -0.15) is 0 Å². The summed E-state index contributed by atoms with van der Waals surface area (Å²) in [6, 6.07) is 20.7. The van der Waals surface area contributed by atoms with Gasteiger partial charge in [0.2, 0.25) is 5.91 Å². The van der Waals surface area contributed by atoms with Gasteiger partial charge in [0, 0.05) is 37.8 Å². The average Bonchev–Trinajstić information content (AvgIpc) is 3.59. The Bertz CT molecular complexity index is 746. The molecule has 4 rings (SSSR count). The summed E-state index contributed by atoms with van der Waals surface area (Å²) in [7, 11) is 0. The van der Waals surface area contributed by atoms with E-state index in [9.17, 15) is 4.79 Å². The Morgan fingerprint density at radius 2 is 1.75 bits per heavy atom. The highest BCUT2D eigenvalue weighted by Gasteiger charge is 2.35. The molecule has 148 valence electrons. The summed E-state index contributed by atoms with van der Waals surface area (Å²) >= 11 is 0. The standard InChI is InChI=1S/C24H30N2O2/c27-24(21-12-13-21)26(22-10-5-2-6-11-22)19-23-18-25(15-7-17-28-23)16-14-20-8-3-1-4-9-20/h1-6,8-11,21,23H,7,12-19H2. The third-order valence-corrected chi connectivity index (χ3v) is 5.64. The number of ether oxygens (including phenoxy) is 1. The molecule has 0 bridgehead atoms. The van der Waals surface area contributed by atoms with Crippen molar-refractivity contribution < 1.29 is 9.53 Å². The summed E-state index contributed by atoms with van der Waals surface area (Å²) in [5.74, 6) is 0.468. The zero-order valence-corrected chi connectivity index (χ0v) is 16.5. The van der Waals surface area contributed by atoms with Crippen LogP contribution in [0.3, 0.4) is 0 Å². The van der Waals surface area contributed by atoms with Crippen LogP contribution in [-0.2, 0) is 16.0 Å². The molecule has 2 aromatic rings. The Morgan fingerprint density at radius 1 is 1.04 bits per heavy atom. The highest BCUT2D eigenvalue weighted by Crippen LogP contribution is 2.33. The lowest BCUT2D eigenvalue weighted by Crippen LogP contribution is -2.44. The normalized spacial score (nSPS) is 20.5. The van der Waals surface area contributed by atoms with E-state index in [1.165, 1.54) is 5.56 Å². The van der Waals surface area contributed by atoms with Crippen LogP contribution >= 0.6 is 0 Å². The van der Waals surface area contributed by atoms with Gasteiger partial charge in [-0.25, -0.2) is 0 Å². The van der Waals surface area contributed by atoms with Crippen LogP contribution < -0.4 is 4.90 Å². The molecule has 1 unspecified atom stereocenters. The van der Waals surface area contributed by atoms with Crippen molar-refractivity contribution in [3.8, 4) is 0 Å². The van der Waals surface area contributed by atoms with Crippen LogP contribution in [0.5, 0.6) is 0 Å². The van der Waals surface area contributed by atoms with E-state index in [0.29, 0.717) is 6.54 Å². The van der Waals surface area contributed by atoms with Crippen molar-refractivity contribution in [2.45, 2.75) is 31.8 Å². The summed E-state index contributed by atoms with van der Waals surface area (Å²) in [5, 5.41) is 0. The van der Waals surface area contributed by atoms with E-state index in [2.05, 4.69) is 35.2 Å². The van der Waals surface area contributed by atoms with Gasteiger partial charge >= 0.3 is 0 Å². The minimum atomic E-state index is 0.0566. The molecule has 1 aliphatic heterocycles. The molecule has 2 fully saturated rings. The molecule has 1 amide bonds. The van der Waals surface area contributed by atoms with Gasteiger partial charge < -0.3 is 14.5 Å². The topological polar surface area (TPSA) is 32.8 Å².